The van der Waals surface area contributed by atoms with Crippen molar-refractivity contribution in [3.63, 3.8) is 0 Å². The Morgan fingerprint density at radius 2 is 2.64 bits per heavy atom. The van der Waals surface area contributed by atoms with Crippen LogP contribution in [0.5, 0.6) is 0 Å². The topological polar surface area (TPSA) is 50.9 Å². The lowest BCUT2D eigenvalue weighted by molar-refractivity contribution is 0.119. The molecule has 2 rings (SSSR count). The molecule has 2 unspecified atom stereocenters. The van der Waals surface area contributed by atoms with Gasteiger partial charge in [0.2, 0.25) is 0 Å². The molecule has 0 bridgehead atoms. The molecular weight excluding hydrogens is 198 g/mol. The van der Waals surface area contributed by atoms with Crippen LogP contribution in [0.2, 0.25) is 0 Å². The van der Waals surface area contributed by atoms with Gasteiger partial charge in [0.25, 0.3) is 0 Å². The average Bonchev–Trinajstić information content (AvgIpc) is 2.75. The van der Waals surface area contributed by atoms with Crippen molar-refractivity contribution in [1.29, 1.82) is 0 Å². The van der Waals surface area contributed by atoms with Gasteiger partial charge < -0.3 is 5.11 Å². The van der Waals surface area contributed by atoms with E-state index in [0.717, 1.165) is 17.9 Å². The maximum atomic E-state index is 9.92. The Hall–Kier alpha value is -0.550. The van der Waals surface area contributed by atoms with E-state index < -0.39 is 0 Å². The van der Waals surface area contributed by atoms with Gasteiger partial charge in [-0.2, -0.15) is 26.8 Å². The molecule has 2 atom stereocenters. The van der Waals surface area contributed by atoms with E-state index in [1.165, 1.54) is 10.5 Å². The maximum Gasteiger partial charge on any atom is 0.0852 e. The zero-order chi connectivity index (χ0) is 9.97. The van der Waals surface area contributed by atoms with Crippen molar-refractivity contribution < 1.29 is 5.11 Å². The lowest BCUT2D eigenvalue weighted by atomic mass is 9.98. The fraction of sp³-hybridized carbons (Fsp3) is 0.778. The van der Waals surface area contributed by atoms with Crippen molar-refractivity contribution in [3.8, 4) is 0 Å². The third-order valence-corrected chi connectivity index (χ3v) is 3.76. The number of hydrogen-bond donors (Lipinski definition) is 1. The molecule has 0 aromatic carbocycles. The first-order valence-corrected chi connectivity index (χ1v) is 6.02. The summed E-state index contributed by atoms with van der Waals surface area (Å²) in [5.41, 5.74) is 0.886. The fourth-order valence-corrected chi connectivity index (χ4v) is 3.05. The zero-order valence-electron chi connectivity index (χ0n) is 8.26. The van der Waals surface area contributed by atoms with Crippen LogP contribution in [0.25, 0.3) is 0 Å². The van der Waals surface area contributed by atoms with Gasteiger partial charge in [-0.05, 0) is 23.8 Å². The van der Waals surface area contributed by atoms with Gasteiger partial charge in [0.05, 0.1) is 18.0 Å². The average molecular weight is 213 g/mol. The summed E-state index contributed by atoms with van der Waals surface area (Å²) >= 11 is 1.93. The molecule has 78 valence electrons. The second kappa shape index (κ2) is 4.31. The summed E-state index contributed by atoms with van der Waals surface area (Å²) in [5, 5.41) is 18.1. The predicted octanol–water partition coefficient (Wildman–Crippen LogP) is 0.472. The van der Waals surface area contributed by atoms with Crippen LogP contribution < -0.4 is 0 Å². The smallest absolute Gasteiger partial charge is 0.0852 e. The zero-order valence-corrected chi connectivity index (χ0v) is 9.07. The number of rotatable bonds is 3. The Kier molecular flexibility index (Phi) is 3.08. The van der Waals surface area contributed by atoms with Crippen LogP contribution in [0.3, 0.4) is 0 Å². The molecule has 1 aromatic rings. The number of aliphatic hydroxyl groups excluding tert-OH is 1. The van der Waals surface area contributed by atoms with Gasteiger partial charge in [0.1, 0.15) is 0 Å². The van der Waals surface area contributed by atoms with E-state index in [1.807, 2.05) is 11.8 Å². The minimum Gasteiger partial charge on any atom is -0.392 e. The number of nitrogens with zero attached hydrogens (tertiary/aromatic N) is 3. The lowest BCUT2D eigenvalue weighted by Gasteiger charge is -2.14. The molecule has 1 N–H and O–H groups in total. The Bertz CT molecular complexity index is 296. The van der Waals surface area contributed by atoms with Crippen molar-refractivity contribution in [1.82, 2.24) is 15.0 Å². The summed E-state index contributed by atoms with van der Waals surface area (Å²) in [4.78, 5) is 1.53. The van der Waals surface area contributed by atoms with Gasteiger partial charge in [-0.15, -0.1) is 0 Å². The Labute approximate surface area is 87.7 Å². The summed E-state index contributed by atoms with van der Waals surface area (Å²) in [6.45, 7) is 0. The number of thioether (sulfide) groups is 1. The van der Waals surface area contributed by atoms with E-state index in [0.29, 0.717) is 12.3 Å². The molecule has 5 heteroatoms. The van der Waals surface area contributed by atoms with Crippen molar-refractivity contribution in [2.45, 2.75) is 18.9 Å². The molecule has 0 saturated carbocycles. The first-order valence-electron chi connectivity index (χ1n) is 4.86. The third-order valence-electron chi connectivity index (χ3n) is 2.57. The van der Waals surface area contributed by atoms with Crippen LogP contribution in [-0.2, 0) is 13.5 Å². The van der Waals surface area contributed by atoms with Gasteiger partial charge in [-0.25, -0.2) is 0 Å². The van der Waals surface area contributed by atoms with E-state index in [2.05, 4.69) is 10.2 Å². The summed E-state index contributed by atoms with van der Waals surface area (Å²) in [6.07, 6.45) is 3.25. The number of hydrogen-bond acceptors (Lipinski definition) is 4. The summed E-state index contributed by atoms with van der Waals surface area (Å²) in [6, 6.07) is 0. The number of aromatic nitrogens is 3. The van der Waals surface area contributed by atoms with Crippen LogP contribution in [-0.4, -0.2) is 37.7 Å². The molecule has 4 nitrogen and oxygen atoms in total. The van der Waals surface area contributed by atoms with Crippen molar-refractivity contribution in [2.75, 3.05) is 11.5 Å². The fourth-order valence-electron chi connectivity index (χ4n) is 1.72. The van der Waals surface area contributed by atoms with E-state index in [1.54, 1.807) is 13.2 Å². The molecule has 0 spiro atoms. The maximum absolute atomic E-state index is 9.92. The van der Waals surface area contributed by atoms with E-state index in [9.17, 15) is 5.11 Å². The van der Waals surface area contributed by atoms with Crippen molar-refractivity contribution in [2.24, 2.45) is 13.0 Å². The summed E-state index contributed by atoms with van der Waals surface area (Å²) in [5.74, 6) is 2.71. The van der Waals surface area contributed by atoms with E-state index in [-0.39, 0.29) is 6.10 Å². The Balaban J connectivity index is 1.90. The van der Waals surface area contributed by atoms with Gasteiger partial charge in [0, 0.05) is 13.5 Å². The molecule has 1 aromatic heterocycles. The highest BCUT2D eigenvalue weighted by Crippen LogP contribution is 2.27. The molecule has 14 heavy (non-hydrogen) atoms. The first kappa shape index (κ1) is 9.98. The number of aliphatic hydroxyl groups is 1. The normalized spacial score (nSPS) is 24.0. The molecule has 1 aliphatic heterocycles. The summed E-state index contributed by atoms with van der Waals surface area (Å²) < 4.78 is 0. The van der Waals surface area contributed by atoms with Gasteiger partial charge in [-0.3, -0.25) is 0 Å². The van der Waals surface area contributed by atoms with Crippen molar-refractivity contribution >= 4 is 11.8 Å². The minimum atomic E-state index is -0.248. The Morgan fingerprint density at radius 1 is 1.79 bits per heavy atom. The van der Waals surface area contributed by atoms with E-state index >= 15 is 0 Å². The quantitative estimate of drug-likeness (QED) is 0.793. The molecular formula is C9H15N3OS. The van der Waals surface area contributed by atoms with Gasteiger partial charge >= 0.3 is 0 Å². The molecule has 1 saturated heterocycles. The highest BCUT2D eigenvalue weighted by Gasteiger charge is 2.24. The van der Waals surface area contributed by atoms with Crippen molar-refractivity contribution in [3.05, 3.63) is 11.9 Å². The second-order valence-electron chi connectivity index (χ2n) is 3.72. The molecule has 0 amide bonds. The predicted molar refractivity (Wildman–Crippen MR) is 56.1 cm³/mol. The molecule has 1 aliphatic rings. The first-order chi connectivity index (χ1) is 6.75. The van der Waals surface area contributed by atoms with Crippen LogP contribution in [0.15, 0.2) is 6.20 Å². The second-order valence-corrected chi connectivity index (χ2v) is 4.87. The molecule has 0 radical (unpaired) electrons. The standard InChI is InChI=1S/C9H15N3OS/c1-12-10-5-8(11-12)4-9(13)7-2-3-14-6-7/h5,7,9,13H,2-4,6H2,1H3. The van der Waals surface area contributed by atoms with E-state index in [4.69, 9.17) is 0 Å². The molecule has 1 fully saturated rings. The van der Waals surface area contributed by atoms with Crippen LogP contribution in [0.1, 0.15) is 12.1 Å². The number of aryl methyl sites for hydroxylation is 1. The van der Waals surface area contributed by atoms with Crippen LogP contribution in [0.4, 0.5) is 0 Å². The lowest BCUT2D eigenvalue weighted by Crippen LogP contribution is -2.22. The highest BCUT2D eigenvalue weighted by atomic mass is 32.2. The van der Waals surface area contributed by atoms with Crippen LogP contribution in [0, 0.1) is 5.92 Å². The SMILES string of the molecule is Cn1ncc(CC(O)C2CCSC2)n1. The molecule has 0 aliphatic carbocycles. The minimum absolute atomic E-state index is 0.248. The van der Waals surface area contributed by atoms with Crippen LogP contribution >= 0.6 is 11.8 Å². The molecule has 2 heterocycles. The summed E-state index contributed by atoms with van der Waals surface area (Å²) in [7, 11) is 1.79. The van der Waals surface area contributed by atoms with Gasteiger partial charge in [-0.1, -0.05) is 0 Å². The Morgan fingerprint density at radius 3 is 3.21 bits per heavy atom. The third kappa shape index (κ3) is 2.27. The van der Waals surface area contributed by atoms with Gasteiger partial charge in [0.15, 0.2) is 0 Å². The highest BCUT2D eigenvalue weighted by molar-refractivity contribution is 7.99. The largest absolute Gasteiger partial charge is 0.392 e. The monoisotopic (exact) mass is 213 g/mol.